The predicted octanol–water partition coefficient (Wildman–Crippen LogP) is 6.14. The first-order valence-corrected chi connectivity index (χ1v) is 9.72. The number of aromatic nitrogens is 2. The first-order valence-electron chi connectivity index (χ1n) is 9.72. The van der Waals surface area contributed by atoms with Crippen molar-refractivity contribution in [2.45, 2.75) is 6.92 Å². The molecule has 0 saturated carbocycles. The van der Waals surface area contributed by atoms with Crippen molar-refractivity contribution >= 4 is 47.1 Å². The molecule has 0 spiro atoms. The Balaban J connectivity index is 0.00000289. The van der Waals surface area contributed by atoms with E-state index in [0.29, 0.717) is 17.5 Å². The largest absolute Gasteiger partial charge is 0.457 e. The molecular weight excluding hydrogens is 426 g/mol. The molecule has 4 aromatic rings. The fourth-order valence-corrected chi connectivity index (χ4v) is 2.87. The zero-order valence-electron chi connectivity index (χ0n) is 17.3. The van der Waals surface area contributed by atoms with Crippen LogP contribution >= 0.6 is 12.4 Å². The molecule has 4 rings (SSSR count). The summed E-state index contributed by atoms with van der Waals surface area (Å²) in [4.78, 5) is 20.0. The van der Waals surface area contributed by atoms with Gasteiger partial charge in [0.05, 0.1) is 0 Å². The van der Waals surface area contributed by atoms with E-state index >= 15 is 0 Å². The molecule has 0 aliphatic rings. The highest BCUT2D eigenvalue weighted by Crippen LogP contribution is 2.24. The van der Waals surface area contributed by atoms with Gasteiger partial charge < -0.3 is 20.7 Å². The standard InChI is InChI=1S/C24H21N5O2.ClH/c1-17(30)26-19-6-5-7-20(16-19)28-24-25-15-14-23(29-24)27-18-10-12-22(13-11-18)31-21-8-3-2-4-9-21;/h2-16H,1H3,(H,26,30)(H2,25,27,28,29);1H. The van der Waals surface area contributed by atoms with Crippen molar-refractivity contribution in [3.05, 3.63) is 91.1 Å². The van der Waals surface area contributed by atoms with E-state index in [2.05, 4.69) is 25.9 Å². The van der Waals surface area contributed by atoms with E-state index in [-0.39, 0.29) is 18.3 Å². The molecule has 0 aliphatic carbocycles. The summed E-state index contributed by atoms with van der Waals surface area (Å²) in [7, 11) is 0. The summed E-state index contributed by atoms with van der Waals surface area (Å²) in [5, 5.41) is 9.15. The van der Waals surface area contributed by atoms with Gasteiger partial charge in [0.1, 0.15) is 17.3 Å². The van der Waals surface area contributed by atoms with E-state index in [0.717, 1.165) is 22.9 Å². The van der Waals surface area contributed by atoms with Gasteiger partial charge in [-0.05, 0) is 60.7 Å². The predicted molar refractivity (Wildman–Crippen MR) is 130 cm³/mol. The minimum atomic E-state index is -0.125. The Morgan fingerprint density at radius 2 is 1.50 bits per heavy atom. The lowest BCUT2D eigenvalue weighted by molar-refractivity contribution is -0.114. The van der Waals surface area contributed by atoms with E-state index in [4.69, 9.17) is 4.74 Å². The number of amides is 1. The lowest BCUT2D eigenvalue weighted by atomic mass is 10.2. The highest BCUT2D eigenvalue weighted by molar-refractivity contribution is 5.89. The Morgan fingerprint density at radius 1 is 0.781 bits per heavy atom. The molecule has 1 aromatic heterocycles. The molecule has 1 heterocycles. The molecule has 0 radical (unpaired) electrons. The minimum Gasteiger partial charge on any atom is -0.457 e. The number of rotatable bonds is 7. The van der Waals surface area contributed by atoms with Crippen LogP contribution in [-0.4, -0.2) is 15.9 Å². The topological polar surface area (TPSA) is 88.2 Å². The number of benzene rings is 3. The van der Waals surface area contributed by atoms with Gasteiger partial charge in [-0.25, -0.2) is 4.98 Å². The Kier molecular flexibility index (Phi) is 7.61. The molecule has 0 bridgehead atoms. The van der Waals surface area contributed by atoms with Crippen LogP contribution in [0.3, 0.4) is 0 Å². The van der Waals surface area contributed by atoms with E-state index in [1.807, 2.05) is 78.9 Å². The second-order valence-corrected chi connectivity index (χ2v) is 6.72. The van der Waals surface area contributed by atoms with Crippen molar-refractivity contribution in [1.29, 1.82) is 0 Å². The number of nitrogens with zero attached hydrogens (tertiary/aromatic N) is 2. The lowest BCUT2D eigenvalue weighted by Crippen LogP contribution is -2.06. The number of para-hydroxylation sites is 1. The number of hydrogen-bond acceptors (Lipinski definition) is 6. The van der Waals surface area contributed by atoms with Crippen LogP contribution in [0.5, 0.6) is 11.5 Å². The minimum absolute atomic E-state index is 0. The maximum Gasteiger partial charge on any atom is 0.229 e. The monoisotopic (exact) mass is 447 g/mol. The SMILES string of the molecule is CC(=O)Nc1cccc(Nc2nccc(Nc3ccc(Oc4ccccc4)cc3)n2)c1.Cl. The molecule has 162 valence electrons. The van der Waals surface area contributed by atoms with E-state index in [9.17, 15) is 4.79 Å². The average molecular weight is 448 g/mol. The normalized spacial score (nSPS) is 9.91. The van der Waals surface area contributed by atoms with Gasteiger partial charge in [-0.2, -0.15) is 4.98 Å². The van der Waals surface area contributed by atoms with Crippen LogP contribution in [0, 0.1) is 0 Å². The summed E-state index contributed by atoms with van der Waals surface area (Å²) in [6, 6.07) is 26.4. The summed E-state index contributed by atoms with van der Waals surface area (Å²) in [6.07, 6.45) is 1.67. The van der Waals surface area contributed by atoms with Crippen molar-refractivity contribution in [2.75, 3.05) is 16.0 Å². The summed E-state index contributed by atoms with van der Waals surface area (Å²) < 4.78 is 5.81. The summed E-state index contributed by atoms with van der Waals surface area (Å²) >= 11 is 0. The van der Waals surface area contributed by atoms with Crippen molar-refractivity contribution in [2.24, 2.45) is 0 Å². The van der Waals surface area contributed by atoms with Crippen LogP contribution in [0.25, 0.3) is 0 Å². The van der Waals surface area contributed by atoms with Gasteiger partial charge in [-0.15, -0.1) is 12.4 Å². The second-order valence-electron chi connectivity index (χ2n) is 6.72. The Bertz CT molecular complexity index is 1170. The molecule has 0 aliphatic heterocycles. The fourth-order valence-electron chi connectivity index (χ4n) is 2.87. The smallest absolute Gasteiger partial charge is 0.229 e. The number of ether oxygens (including phenoxy) is 1. The second kappa shape index (κ2) is 10.8. The van der Waals surface area contributed by atoms with Gasteiger partial charge in [0, 0.05) is 30.2 Å². The molecule has 3 aromatic carbocycles. The van der Waals surface area contributed by atoms with Crippen LogP contribution in [0.15, 0.2) is 91.1 Å². The van der Waals surface area contributed by atoms with Gasteiger partial charge in [-0.3, -0.25) is 4.79 Å². The summed E-state index contributed by atoms with van der Waals surface area (Å²) in [5.74, 6) is 2.50. The third-order valence-electron chi connectivity index (χ3n) is 4.20. The molecule has 7 nitrogen and oxygen atoms in total. The molecular formula is C24H22ClN5O2. The molecule has 1 amide bonds. The quantitative estimate of drug-likeness (QED) is 0.315. The summed E-state index contributed by atoms with van der Waals surface area (Å²) in [6.45, 7) is 1.47. The van der Waals surface area contributed by atoms with Gasteiger partial charge in [0.15, 0.2) is 0 Å². The van der Waals surface area contributed by atoms with Crippen LogP contribution in [0.1, 0.15) is 6.92 Å². The average Bonchev–Trinajstić information content (AvgIpc) is 2.76. The lowest BCUT2D eigenvalue weighted by Gasteiger charge is -2.10. The maximum atomic E-state index is 11.2. The van der Waals surface area contributed by atoms with Crippen molar-refractivity contribution < 1.29 is 9.53 Å². The third kappa shape index (κ3) is 6.45. The third-order valence-corrected chi connectivity index (χ3v) is 4.20. The molecule has 3 N–H and O–H groups in total. The molecule has 0 atom stereocenters. The number of nitrogens with one attached hydrogen (secondary N) is 3. The van der Waals surface area contributed by atoms with E-state index in [1.165, 1.54) is 6.92 Å². The zero-order valence-corrected chi connectivity index (χ0v) is 18.1. The van der Waals surface area contributed by atoms with Crippen LogP contribution in [0.4, 0.5) is 28.8 Å². The molecule has 8 heteroatoms. The Labute approximate surface area is 192 Å². The first-order chi connectivity index (χ1) is 15.1. The number of carbonyl (C=O) groups excluding carboxylic acids is 1. The van der Waals surface area contributed by atoms with Gasteiger partial charge in [0.25, 0.3) is 0 Å². The van der Waals surface area contributed by atoms with Gasteiger partial charge in [0.2, 0.25) is 11.9 Å². The molecule has 32 heavy (non-hydrogen) atoms. The van der Waals surface area contributed by atoms with E-state index < -0.39 is 0 Å². The Hall–Kier alpha value is -4.10. The summed E-state index contributed by atoms with van der Waals surface area (Å²) in [5.41, 5.74) is 2.34. The van der Waals surface area contributed by atoms with Crippen molar-refractivity contribution in [3.63, 3.8) is 0 Å². The number of hydrogen-bond donors (Lipinski definition) is 3. The number of carbonyl (C=O) groups is 1. The Morgan fingerprint density at radius 3 is 2.25 bits per heavy atom. The van der Waals surface area contributed by atoms with Crippen LogP contribution in [-0.2, 0) is 4.79 Å². The fraction of sp³-hybridized carbons (Fsp3) is 0.0417. The first kappa shape index (κ1) is 22.6. The highest BCUT2D eigenvalue weighted by atomic mass is 35.5. The molecule has 0 saturated heterocycles. The maximum absolute atomic E-state index is 11.2. The zero-order chi connectivity index (χ0) is 21.5. The highest BCUT2D eigenvalue weighted by Gasteiger charge is 2.04. The van der Waals surface area contributed by atoms with Crippen molar-refractivity contribution in [1.82, 2.24) is 9.97 Å². The number of anilines is 5. The molecule has 0 unspecified atom stereocenters. The van der Waals surface area contributed by atoms with E-state index in [1.54, 1.807) is 12.3 Å². The van der Waals surface area contributed by atoms with Crippen LogP contribution in [0.2, 0.25) is 0 Å². The number of halogens is 1. The van der Waals surface area contributed by atoms with Crippen molar-refractivity contribution in [3.8, 4) is 11.5 Å². The molecule has 0 fully saturated rings. The van der Waals surface area contributed by atoms with Gasteiger partial charge in [-0.1, -0.05) is 24.3 Å². The van der Waals surface area contributed by atoms with Crippen LogP contribution < -0.4 is 20.7 Å². The van der Waals surface area contributed by atoms with Gasteiger partial charge >= 0.3 is 0 Å².